The molecule has 0 aliphatic carbocycles. The summed E-state index contributed by atoms with van der Waals surface area (Å²) >= 11 is 0. The number of likely N-dealkylation sites (tertiary alicyclic amines) is 1. The van der Waals surface area contributed by atoms with Crippen LogP contribution < -0.4 is 26.6 Å². The van der Waals surface area contributed by atoms with Gasteiger partial charge in [-0.3, -0.25) is 19.7 Å². The van der Waals surface area contributed by atoms with Crippen molar-refractivity contribution in [1.29, 1.82) is 0 Å². The van der Waals surface area contributed by atoms with E-state index in [1.165, 1.54) is 4.90 Å². The van der Waals surface area contributed by atoms with Gasteiger partial charge in [-0.25, -0.2) is 0 Å². The van der Waals surface area contributed by atoms with Gasteiger partial charge in [-0.2, -0.15) is 0 Å². The molecule has 2 aromatic carbocycles. The topological polar surface area (TPSA) is 161 Å². The molecule has 1 aromatic heterocycles. The zero-order valence-corrected chi connectivity index (χ0v) is 26.0. The largest absolute Gasteiger partial charge is 0.507 e. The van der Waals surface area contributed by atoms with Gasteiger partial charge in [0.1, 0.15) is 17.6 Å². The monoisotopic (exact) mass is 613 g/mol. The number of nitrogens with zero attached hydrogens (tertiary/aromatic N) is 3. The van der Waals surface area contributed by atoms with Gasteiger partial charge in [0.2, 0.25) is 18.2 Å². The van der Waals surface area contributed by atoms with Gasteiger partial charge in [-0.15, -0.1) is 0 Å². The molecule has 2 fully saturated rings. The maximum Gasteiger partial charge on any atom is 0.249 e. The summed E-state index contributed by atoms with van der Waals surface area (Å²) in [5.41, 5.74) is 18.4. The maximum absolute atomic E-state index is 12.6. The number of amides is 3. The van der Waals surface area contributed by atoms with Crippen molar-refractivity contribution < 1.29 is 19.5 Å². The summed E-state index contributed by atoms with van der Waals surface area (Å²) in [5, 5.41) is 12.6. The third kappa shape index (κ3) is 6.99. The number of rotatable bonds is 11. The van der Waals surface area contributed by atoms with Crippen molar-refractivity contribution in [3.05, 3.63) is 70.9 Å². The molecule has 11 nitrogen and oxygen atoms in total. The molecule has 1 unspecified atom stereocenters. The maximum atomic E-state index is 12.6. The SMILES string of the molecule is CN(C)c1c(CCCN2CCC(c3c[nH]c(N)c3/C=C(\N)c3ccccc3O)CC2)cccc1N(C=O)C1CCC(=O)NC1=O. The number of carbonyl (C=O) groups is 3. The Morgan fingerprint density at radius 2 is 1.84 bits per heavy atom. The van der Waals surface area contributed by atoms with E-state index in [9.17, 15) is 19.5 Å². The van der Waals surface area contributed by atoms with Crippen LogP contribution in [0.2, 0.25) is 0 Å². The van der Waals surface area contributed by atoms with Crippen LogP contribution in [0.5, 0.6) is 5.75 Å². The normalized spacial score (nSPS) is 18.1. The number of phenols is 1. The van der Waals surface area contributed by atoms with Crippen molar-refractivity contribution in [3.8, 4) is 5.75 Å². The standard InChI is InChI=1S/C34H43N7O4/c1-39(2)32-23(7-5-10-28(32)41(21-42)29-12-13-31(44)38-34(29)45)8-6-16-40-17-14-22(15-18-40)26-20-37-33(36)25(26)19-27(35)24-9-3-4-11-30(24)43/h3-5,7,9-11,19-22,29,37,43H,6,8,12-18,35-36H2,1-2H3,(H,38,44,45)/b27-19-. The number of aromatic amines is 1. The second-order valence-corrected chi connectivity index (χ2v) is 12.1. The zero-order valence-electron chi connectivity index (χ0n) is 26.0. The molecule has 3 aromatic rings. The second-order valence-electron chi connectivity index (χ2n) is 12.1. The highest BCUT2D eigenvalue weighted by Crippen LogP contribution is 2.37. The number of imide groups is 1. The highest BCUT2D eigenvalue weighted by molar-refractivity contribution is 6.04. The van der Waals surface area contributed by atoms with Gasteiger partial charge >= 0.3 is 0 Å². The molecule has 238 valence electrons. The number of hydrogen-bond donors (Lipinski definition) is 5. The van der Waals surface area contributed by atoms with Gasteiger partial charge in [0.05, 0.1) is 11.4 Å². The van der Waals surface area contributed by atoms with Gasteiger partial charge in [-0.1, -0.05) is 24.3 Å². The first kappa shape index (κ1) is 31.6. The third-order valence-corrected chi connectivity index (χ3v) is 8.93. The Bertz CT molecular complexity index is 1570. The molecule has 2 aliphatic heterocycles. The van der Waals surface area contributed by atoms with Crippen LogP contribution in [0.1, 0.15) is 60.3 Å². The lowest BCUT2D eigenvalue weighted by Crippen LogP contribution is -2.52. The number of hydrogen-bond acceptors (Lipinski definition) is 8. The van der Waals surface area contributed by atoms with Crippen molar-refractivity contribution in [3.63, 3.8) is 0 Å². The first-order valence-corrected chi connectivity index (χ1v) is 15.5. The van der Waals surface area contributed by atoms with Crippen LogP contribution >= 0.6 is 0 Å². The molecule has 3 heterocycles. The van der Waals surface area contributed by atoms with Crippen LogP contribution in [-0.2, 0) is 20.8 Å². The second kappa shape index (κ2) is 13.9. The van der Waals surface area contributed by atoms with Crippen molar-refractivity contribution in [2.24, 2.45) is 5.73 Å². The van der Waals surface area contributed by atoms with Crippen LogP contribution in [0.4, 0.5) is 17.2 Å². The minimum Gasteiger partial charge on any atom is -0.507 e. The van der Waals surface area contributed by atoms with E-state index in [-0.39, 0.29) is 18.1 Å². The third-order valence-electron chi connectivity index (χ3n) is 8.93. The lowest BCUT2D eigenvalue weighted by atomic mass is 9.88. The zero-order chi connectivity index (χ0) is 32.1. The van der Waals surface area contributed by atoms with E-state index in [0.29, 0.717) is 41.5 Å². The van der Waals surface area contributed by atoms with Crippen LogP contribution in [0, 0.1) is 0 Å². The Kier molecular flexibility index (Phi) is 9.77. The Labute approximate surface area is 263 Å². The first-order chi connectivity index (χ1) is 21.7. The fourth-order valence-electron chi connectivity index (χ4n) is 6.63. The first-order valence-electron chi connectivity index (χ1n) is 15.5. The molecule has 2 aliphatic rings. The smallest absolute Gasteiger partial charge is 0.249 e. The molecule has 45 heavy (non-hydrogen) atoms. The van der Waals surface area contributed by atoms with Crippen LogP contribution in [0.15, 0.2) is 48.7 Å². The van der Waals surface area contributed by atoms with E-state index in [4.69, 9.17) is 11.5 Å². The molecule has 0 bridgehead atoms. The Balaban J connectivity index is 1.21. The van der Waals surface area contributed by atoms with Gasteiger partial charge in [-0.05, 0) is 93.1 Å². The van der Waals surface area contributed by atoms with Crippen LogP contribution in [0.25, 0.3) is 11.8 Å². The van der Waals surface area contributed by atoms with Crippen molar-refractivity contribution >= 4 is 47.2 Å². The number of nitrogens with two attached hydrogens (primary N) is 2. The summed E-state index contributed by atoms with van der Waals surface area (Å²) in [7, 11) is 3.88. The number of aryl methyl sites for hydroxylation is 1. The number of benzene rings is 2. The van der Waals surface area contributed by atoms with Gasteiger partial charge in [0, 0.05) is 43.5 Å². The fourth-order valence-corrected chi connectivity index (χ4v) is 6.63. The van der Waals surface area contributed by atoms with Crippen LogP contribution in [0.3, 0.4) is 0 Å². The number of aromatic hydroxyl groups is 1. The number of nitrogen functional groups attached to an aromatic ring is 1. The molecule has 11 heteroatoms. The summed E-state index contributed by atoms with van der Waals surface area (Å²) < 4.78 is 0. The van der Waals surface area contributed by atoms with E-state index in [1.807, 2.05) is 49.5 Å². The molecule has 1 atom stereocenters. The lowest BCUT2D eigenvalue weighted by molar-refractivity contribution is -0.134. The quantitative estimate of drug-likeness (QED) is 0.162. The fraction of sp³-hybridized carbons (Fsp3) is 0.382. The average molecular weight is 614 g/mol. The molecule has 0 spiro atoms. The molecule has 7 N–H and O–H groups in total. The Hall–Kier alpha value is -4.77. The summed E-state index contributed by atoms with van der Waals surface area (Å²) in [5.74, 6) is 0.291. The number of H-pyrrole nitrogens is 1. The highest BCUT2D eigenvalue weighted by atomic mass is 16.3. The summed E-state index contributed by atoms with van der Waals surface area (Å²) in [4.78, 5) is 45.6. The minimum atomic E-state index is -0.719. The number of piperidine rings is 2. The molecule has 5 rings (SSSR count). The minimum absolute atomic E-state index is 0.134. The predicted molar refractivity (Wildman–Crippen MR) is 178 cm³/mol. The van der Waals surface area contributed by atoms with Crippen molar-refractivity contribution in [1.82, 2.24) is 15.2 Å². The van der Waals surface area contributed by atoms with Gasteiger partial charge in [0.15, 0.2) is 0 Å². The van der Waals surface area contributed by atoms with Crippen molar-refractivity contribution in [2.75, 3.05) is 49.3 Å². The number of para-hydroxylation sites is 2. The number of phenolic OH excluding ortho intramolecular Hbond substituents is 1. The lowest BCUT2D eigenvalue weighted by Gasteiger charge is -2.34. The summed E-state index contributed by atoms with van der Waals surface area (Å²) in [6, 6.07) is 12.1. The molecule has 0 saturated carbocycles. The van der Waals surface area contributed by atoms with Gasteiger partial charge in [0.25, 0.3) is 0 Å². The molecule has 0 radical (unpaired) electrons. The number of nitrogens with one attached hydrogen (secondary N) is 2. The van der Waals surface area contributed by atoms with Crippen LogP contribution in [-0.4, -0.2) is 73.0 Å². The number of anilines is 3. The van der Waals surface area contributed by atoms with E-state index in [0.717, 1.165) is 67.7 Å². The Morgan fingerprint density at radius 1 is 1.09 bits per heavy atom. The molecule has 3 amide bonds. The number of carbonyl (C=O) groups excluding carboxylic acids is 3. The van der Waals surface area contributed by atoms with E-state index in [2.05, 4.69) is 21.3 Å². The summed E-state index contributed by atoms with van der Waals surface area (Å²) in [6.45, 7) is 2.86. The molecular weight excluding hydrogens is 570 g/mol. The summed E-state index contributed by atoms with van der Waals surface area (Å²) in [6.07, 6.45) is 8.77. The molecular formula is C34H43N7O4. The van der Waals surface area contributed by atoms with E-state index in [1.54, 1.807) is 18.2 Å². The average Bonchev–Trinajstić information content (AvgIpc) is 3.38. The predicted octanol–water partition coefficient (Wildman–Crippen LogP) is 3.41. The molecule has 2 saturated heterocycles. The van der Waals surface area contributed by atoms with E-state index >= 15 is 0 Å². The Morgan fingerprint density at radius 3 is 2.53 bits per heavy atom. The van der Waals surface area contributed by atoms with Gasteiger partial charge < -0.3 is 36.3 Å². The highest BCUT2D eigenvalue weighted by Gasteiger charge is 2.33. The van der Waals surface area contributed by atoms with E-state index < -0.39 is 11.9 Å². The number of aromatic nitrogens is 1. The van der Waals surface area contributed by atoms with Crippen molar-refractivity contribution in [2.45, 2.75) is 50.5 Å².